The van der Waals surface area contributed by atoms with Gasteiger partial charge in [-0.3, -0.25) is 4.79 Å². The van der Waals surface area contributed by atoms with Crippen molar-refractivity contribution in [3.8, 4) is 10.9 Å². The Morgan fingerprint density at radius 1 is 1.28 bits per heavy atom. The molecule has 0 fully saturated rings. The van der Waals surface area contributed by atoms with E-state index in [0.717, 1.165) is 42.4 Å². The summed E-state index contributed by atoms with van der Waals surface area (Å²) in [6.07, 6.45) is 0.373. The second-order valence-corrected chi connectivity index (χ2v) is 8.79. The Morgan fingerprint density at radius 3 is 2.86 bits per heavy atom. The Bertz CT molecular complexity index is 1230. The van der Waals surface area contributed by atoms with Gasteiger partial charge in [-0.15, -0.1) is 0 Å². The van der Waals surface area contributed by atoms with Crippen LogP contribution in [0.25, 0.3) is 15.3 Å². The lowest BCUT2D eigenvalue weighted by Crippen LogP contribution is -2.25. The van der Waals surface area contributed by atoms with Gasteiger partial charge >= 0.3 is 0 Å². The maximum absolute atomic E-state index is 12.6. The van der Waals surface area contributed by atoms with Crippen LogP contribution in [0.5, 0.6) is 5.75 Å². The molecule has 0 spiro atoms. The van der Waals surface area contributed by atoms with E-state index in [0.29, 0.717) is 12.2 Å². The zero-order valence-corrected chi connectivity index (χ0v) is 18.2. The number of amides is 1. The van der Waals surface area contributed by atoms with E-state index in [2.05, 4.69) is 21.2 Å². The molecular weight excluding hydrogens is 452 g/mol. The van der Waals surface area contributed by atoms with Crippen molar-refractivity contribution in [2.75, 3.05) is 12.4 Å². The number of fused-ring (bicyclic) bond motifs is 2. The van der Waals surface area contributed by atoms with Crippen LogP contribution in [0.15, 0.2) is 46.9 Å². The van der Waals surface area contributed by atoms with Crippen molar-refractivity contribution in [2.45, 2.75) is 19.3 Å². The zero-order valence-electron chi connectivity index (χ0n) is 15.8. The van der Waals surface area contributed by atoms with Gasteiger partial charge < -0.3 is 10.1 Å². The van der Waals surface area contributed by atoms with Gasteiger partial charge in [0.1, 0.15) is 11.6 Å². The maximum Gasteiger partial charge on any atom is 0.226 e. The molecule has 1 amide bonds. The second-order valence-electron chi connectivity index (χ2n) is 6.92. The van der Waals surface area contributed by atoms with E-state index in [-0.39, 0.29) is 11.8 Å². The summed E-state index contributed by atoms with van der Waals surface area (Å²) in [6, 6.07) is 13.9. The standard InChI is InChI=1S/C21H17BrN4O2S/c1-11-19-13(12-7-8-16(28-2)14(22)9-12)10-18(27)24-20(19)26(25-11)21-23-15-5-3-4-6-17(15)29-21/h3-9,13H,10H2,1-2H3,(H,24,27)/t13-/m1/s1. The Balaban J connectivity index is 1.65. The van der Waals surface area contributed by atoms with Gasteiger partial charge in [0, 0.05) is 17.9 Å². The van der Waals surface area contributed by atoms with Crippen LogP contribution in [0.1, 0.15) is 29.2 Å². The molecule has 0 unspecified atom stereocenters. The minimum Gasteiger partial charge on any atom is -0.496 e. The number of benzene rings is 2. The Kier molecular flexibility index (Phi) is 4.40. The van der Waals surface area contributed by atoms with E-state index in [9.17, 15) is 4.79 Å². The Morgan fingerprint density at radius 2 is 2.10 bits per heavy atom. The van der Waals surface area contributed by atoms with Crippen LogP contribution >= 0.6 is 27.3 Å². The van der Waals surface area contributed by atoms with E-state index in [1.807, 2.05) is 49.4 Å². The molecule has 1 N–H and O–H groups in total. The minimum atomic E-state index is -0.0796. The lowest BCUT2D eigenvalue weighted by molar-refractivity contribution is -0.116. The highest BCUT2D eigenvalue weighted by molar-refractivity contribution is 9.10. The summed E-state index contributed by atoms with van der Waals surface area (Å²) >= 11 is 5.11. The molecule has 0 saturated heterocycles. The van der Waals surface area contributed by atoms with Crippen LogP contribution in [0.4, 0.5) is 5.82 Å². The summed E-state index contributed by atoms with van der Waals surface area (Å²) in [7, 11) is 1.64. The fraction of sp³-hybridized carbons (Fsp3) is 0.190. The van der Waals surface area contributed by atoms with E-state index in [1.165, 1.54) is 0 Å². The number of carbonyl (C=O) groups excluding carboxylic acids is 1. The van der Waals surface area contributed by atoms with Crippen LogP contribution < -0.4 is 10.1 Å². The molecule has 0 saturated carbocycles. The van der Waals surface area contributed by atoms with Crippen molar-refractivity contribution < 1.29 is 9.53 Å². The first-order chi connectivity index (χ1) is 14.0. The molecule has 6 nitrogen and oxygen atoms in total. The zero-order chi connectivity index (χ0) is 20.1. The molecule has 3 heterocycles. The third-order valence-electron chi connectivity index (χ3n) is 5.14. The van der Waals surface area contributed by atoms with Crippen molar-refractivity contribution in [3.63, 3.8) is 0 Å². The Labute approximate surface area is 179 Å². The number of aryl methyl sites for hydroxylation is 1. The number of methoxy groups -OCH3 is 1. The predicted octanol–water partition coefficient (Wildman–Crippen LogP) is 5.04. The van der Waals surface area contributed by atoms with Gasteiger partial charge in [-0.05, 0) is 52.7 Å². The number of hydrogen-bond donors (Lipinski definition) is 1. The highest BCUT2D eigenvalue weighted by atomic mass is 79.9. The normalized spacial score (nSPS) is 16.0. The highest BCUT2D eigenvalue weighted by Crippen LogP contribution is 2.42. The van der Waals surface area contributed by atoms with Gasteiger partial charge in [0.2, 0.25) is 11.0 Å². The van der Waals surface area contributed by atoms with E-state index < -0.39 is 0 Å². The number of hydrogen-bond acceptors (Lipinski definition) is 5. The van der Waals surface area contributed by atoms with Crippen molar-refractivity contribution in [2.24, 2.45) is 0 Å². The van der Waals surface area contributed by atoms with Gasteiger partial charge in [-0.1, -0.05) is 29.5 Å². The highest BCUT2D eigenvalue weighted by Gasteiger charge is 2.33. The average Bonchev–Trinajstić information content (AvgIpc) is 3.28. The van der Waals surface area contributed by atoms with Crippen molar-refractivity contribution in [1.29, 1.82) is 0 Å². The second kappa shape index (κ2) is 6.96. The first-order valence-electron chi connectivity index (χ1n) is 9.14. The lowest BCUT2D eigenvalue weighted by Gasteiger charge is -2.24. The number of anilines is 1. The lowest BCUT2D eigenvalue weighted by atomic mass is 9.86. The fourth-order valence-corrected chi connectivity index (χ4v) is 5.30. The van der Waals surface area contributed by atoms with Gasteiger partial charge in [0.05, 0.1) is 27.5 Å². The number of para-hydroxylation sites is 1. The molecule has 146 valence electrons. The molecule has 2 aromatic heterocycles. The van der Waals surface area contributed by atoms with Crippen molar-refractivity contribution >= 4 is 49.2 Å². The molecule has 4 aromatic rings. The first-order valence-corrected chi connectivity index (χ1v) is 10.7. The molecule has 0 bridgehead atoms. The molecule has 1 atom stereocenters. The van der Waals surface area contributed by atoms with E-state index in [1.54, 1.807) is 23.1 Å². The molecule has 0 aliphatic carbocycles. The maximum atomic E-state index is 12.6. The molecule has 8 heteroatoms. The third-order valence-corrected chi connectivity index (χ3v) is 6.78. The van der Waals surface area contributed by atoms with Crippen LogP contribution in [-0.2, 0) is 4.79 Å². The molecule has 1 aliphatic heterocycles. The SMILES string of the molecule is COc1ccc([C@H]2CC(=O)Nc3c2c(C)nn3-c2nc3ccccc3s2)cc1Br. The number of carbonyl (C=O) groups is 1. The third kappa shape index (κ3) is 3.03. The summed E-state index contributed by atoms with van der Waals surface area (Å²) in [5.74, 6) is 1.35. The average molecular weight is 469 g/mol. The summed E-state index contributed by atoms with van der Waals surface area (Å²) in [4.78, 5) is 17.3. The van der Waals surface area contributed by atoms with Gasteiger partial charge in [0.15, 0.2) is 0 Å². The molecule has 29 heavy (non-hydrogen) atoms. The fourth-order valence-electron chi connectivity index (χ4n) is 3.82. The molecular formula is C21H17BrN4O2S. The summed E-state index contributed by atoms with van der Waals surface area (Å²) in [5.41, 5.74) is 3.88. The number of aromatic nitrogens is 3. The number of halogens is 1. The van der Waals surface area contributed by atoms with Gasteiger partial charge in [-0.2, -0.15) is 9.78 Å². The molecule has 2 aromatic carbocycles. The molecule has 1 aliphatic rings. The topological polar surface area (TPSA) is 69.0 Å². The molecule has 0 radical (unpaired) electrons. The minimum absolute atomic E-state index is 0.0308. The number of rotatable bonds is 3. The Hall–Kier alpha value is -2.71. The van der Waals surface area contributed by atoms with Crippen LogP contribution in [0, 0.1) is 6.92 Å². The van der Waals surface area contributed by atoms with Gasteiger partial charge in [-0.25, -0.2) is 4.98 Å². The first kappa shape index (κ1) is 18.3. The number of thiazole rings is 1. The largest absolute Gasteiger partial charge is 0.496 e. The number of nitrogens with zero attached hydrogens (tertiary/aromatic N) is 3. The van der Waals surface area contributed by atoms with Gasteiger partial charge in [0.25, 0.3) is 0 Å². The number of ether oxygens (including phenoxy) is 1. The van der Waals surface area contributed by atoms with Crippen molar-refractivity contribution in [3.05, 3.63) is 63.8 Å². The number of nitrogens with one attached hydrogen (secondary N) is 1. The smallest absolute Gasteiger partial charge is 0.226 e. The summed E-state index contributed by atoms with van der Waals surface area (Å²) in [6.45, 7) is 1.98. The monoisotopic (exact) mass is 468 g/mol. The van der Waals surface area contributed by atoms with E-state index >= 15 is 0 Å². The van der Waals surface area contributed by atoms with E-state index in [4.69, 9.17) is 14.8 Å². The van der Waals surface area contributed by atoms with Crippen LogP contribution in [0.3, 0.4) is 0 Å². The quantitative estimate of drug-likeness (QED) is 0.457. The summed E-state index contributed by atoms with van der Waals surface area (Å²) in [5, 5.41) is 8.50. The van der Waals surface area contributed by atoms with Crippen LogP contribution in [-0.4, -0.2) is 27.8 Å². The van der Waals surface area contributed by atoms with Crippen LogP contribution in [0.2, 0.25) is 0 Å². The van der Waals surface area contributed by atoms with Crippen molar-refractivity contribution in [1.82, 2.24) is 14.8 Å². The molecule has 5 rings (SSSR count). The summed E-state index contributed by atoms with van der Waals surface area (Å²) < 4.78 is 9.05. The predicted molar refractivity (Wildman–Crippen MR) is 117 cm³/mol.